The summed E-state index contributed by atoms with van der Waals surface area (Å²) in [5.41, 5.74) is 2.24. The number of amides is 2. The summed E-state index contributed by atoms with van der Waals surface area (Å²) in [5.74, 6) is 0.935. The third kappa shape index (κ3) is 5.65. The Balaban J connectivity index is 1.69. The van der Waals surface area contributed by atoms with E-state index in [4.69, 9.17) is 0 Å². The molecule has 3 N–H and O–H groups in total. The Morgan fingerprint density at radius 3 is 2.55 bits per heavy atom. The molecule has 0 bridgehead atoms. The molecule has 2 amide bonds. The van der Waals surface area contributed by atoms with Crippen molar-refractivity contribution in [2.75, 3.05) is 6.54 Å². The van der Waals surface area contributed by atoms with Gasteiger partial charge in [0.15, 0.2) is 0 Å². The number of carbonyl (C=O) groups is 2. The zero-order chi connectivity index (χ0) is 20.8. The lowest BCUT2D eigenvalue weighted by Crippen LogP contribution is -2.37. The minimum Gasteiger partial charge on any atom is -0.356 e. The van der Waals surface area contributed by atoms with Crippen LogP contribution < -0.4 is 10.6 Å². The van der Waals surface area contributed by atoms with Crippen molar-refractivity contribution in [2.24, 2.45) is 11.8 Å². The van der Waals surface area contributed by atoms with E-state index in [1.807, 2.05) is 24.3 Å². The Morgan fingerprint density at radius 2 is 1.97 bits per heavy atom. The highest BCUT2D eigenvalue weighted by Crippen LogP contribution is 2.36. The first-order valence-electron chi connectivity index (χ1n) is 10.5. The smallest absolute Gasteiger partial charge is 0.272 e. The van der Waals surface area contributed by atoms with Gasteiger partial charge in [0.25, 0.3) is 5.91 Å². The van der Waals surface area contributed by atoms with E-state index in [1.165, 1.54) is 0 Å². The number of H-pyrrole nitrogens is 1. The monoisotopic (exact) mass is 397 g/mol. The van der Waals surface area contributed by atoms with E-state index in [0.29, 0.717) is 17.5 Å². The molecule has 0 aliphatic heterocycles. The van der Waals surface area contributed by atoms with Crippen molar-refractivity contribution in [3.05, 3.63) is 47.5 Å². The van der Waals surface area contributed by atoms with Gasteiger partial charge in [0.1, 0.15) is 5.69 Å². The van der Waals surface area contributed by atoms with Gasteiger partial charge in [0, 0.05) is 25.4 Å². The minimum absolute atomic E-state index is 0.0190. The highest BCUT2D eigenvalue weighted by Gasteiger charge is 2.31. The van der Waals surface area contributed by atoms with Gasteiger partial charge >= 0.3 is 0 Å². The Hall–Kier alpha value is -2.70. The number of nitrogens with zero attached hydrogens (tertiary/aromatic N) is 2. The molecule has 0 spiro atoms. The molecule has 0 aromatic carbocycles. The largest absolute Gasteiger partial charge is 0.356 e. The van der Waals surface area contributed by atoms with Crippen molar-refractivity contribution in [3.8, 4) is 0 Å². The Bertz CT molecular complexity index is 810. The second-order valence-electron chi connectivity index (χ2n) is 8.29. The van der Waals surface area contributed by atoms with Crippen LogP contribution in [0.4, 0.5) is 0 Å². The van der Waals surface area contributed by atoms with Crippen LogP contribution in [-0.2, 0) is 4.79 Å². The highest BCUT2D eigenvalue weighted by atomic mass is 16.2. The molecule has 2 aromatic rings. The molecule has 2 aromatic heterocycles. The summed E-state index contributed by atoms with van der Waals surface area (Å²) in [5, 5.41) is 13.2. The fourth-order valence-corrected chi connectivity index (χ4v) is 3.97. The van der Waals surface area contributed by atoms with Gasteiger partial charge in [-0.2, -0.15) is 5.10 Å². The summed E-state index contributed by atoms with van der Waals surface area (Å²) in [6, 6.07) is 7.48. The Labute approximate surface area is 172 Å². The van der Waals surface area contributed by atoms with Crippen LogP contribution in [-0.4, -0.2) is 33.5 Å². The van der Waals surface area contributed by atoms with Crippen molar-refractivity contribution < 1.29 is 9.59 Å². The number of nitrogens with one attached hydrogen (secondary N) is 3. The molecule has 7 nitrogen and oxygen atoms in total. The van der Waals surface area contributed by atoms with Crippen LogP contribution in [0.15, 0.2) is 30.5 Å². The average molecular weight is 398 g/mol. The summed E-state index contributed by atoms with van der Waals surface area (Å²) in [4.78, 5) is 28.6. The van der Waals surface area contributed by atoms with Gasteiger partial charge in [-0.3, -0.25) is 19.7 Å². The first kappa shape index (κ1) is 21.0. The molecule has 0 saturated heterocycles. The topological polar surface area (TPSA) is 99.8 Å². The van der Waals surface area contributed by atoms with Gasteiger partial charge in [-0.25, -0.2) is 0 Å². The number of rotatable bonds is 7. The number of hydrogen-bond acceptors (Lipinski definition) is 4. The van der Waals surface area contributed by atoms with Crippen LogP contribution in [0.2, 0.25) is 0 Å². The molecule has 1 aliphatic rings. The zero-order valence-electron chi connectivity index (χ0n) is 17.4. The lowest BCUT2D eigenvalue weighted by molar-refractivity contribution is -0.119. The summed E-state index contributed by atoms with van der Waals surface area (Å²) in [7, 11) is 0. The highest BCUT2D eigenvalue weighted by molar-refractivity contribution is 5.92. The normalized spacial score (nSPS) is 20.3. The zero-order valence-corrected chi connectivity index (χ0v) is 17.4. The number of carbonyl (C=O) groups excluding carboxylic acids is 2. The number of aromatic nitrogens is 3. The van der Waals surface area contributed by atoms with Crippen LogP contribution in [0.3, 0.4) is 0 Å². The molecule has 1 aliphatic carbocycles. The Kier molecular flexibility index (Phi) is 7.01. The maximum atomic E-state index is 12.9. The van der Waals surface area contributed by atoms with E-state index >= 15 is 0 Å². The lowest BCUT2D eigenvalue weighted by atomic mass is 9.77. The second kappa shape index (κ2) is 9.67. The predicted molar refractivity (Wildman–Crippen MR) is 111 cm³/mol. The van der Waals surface area contributed by atoms with Crippen molar-refractivity contribution in [2.45, 2.75) is 58.4 Å². The predicted octanol–water partition coefficient (Wildman–Crippen LogP) is 3.34. The molecular weight excluding hydrogens is 366 g/mol. The number of hydrogen-bond donors (Lipinski definition) is 3. The molecule has 1 fully saturated rings. The molecule has 2 heterocycles. The van der Waals surface area contributed by atoms with Crippen molar-refractivity contribution >= 4 is 11.8 Å². The molecule has 29 heavy (non-hydrogen) atoms. The van der Waals surface area contributed by atoms with E-state index < -0.39 is 0 Å². The third-order valence-electron chi connectivity index (χ3n) is 5.75. The average Bonchev–Trinajstić information content (AvgIpc) is 3.22. The second-order valence-corrected chi connectivity index (χ2v) is 8.29. The fourth-order valence-electron chi connectivity index (χ4n) is 3.97. The van der Waals surface area contributed by atoms with Crippen molar-refractivity contribution in [1.82, 2.24) is 25.8 Å². The van der Waals surface area contributed by atoms with Crippen LogP contribution in [0.5, 0.6) is 0 Å². The molecule has 7 heteroatoms. The summed E-state index contributed by atoms with van der Waals surface area (Å²) < 4.78 is 0. The van der Waals surface area contributed by atoms with Gasteiger partial charge in [0.05, 0.1) is 11.7 Å². The number of aromatic amines is 1. The third-order valence-corrected chi connectivity index (χ3v) is 5.75. The number of pyridine rings is 1. The molecule has 3 rings (SSSR count). The van der Waals surface area contributed by atoms with E-state index in [2.05, 4.69) is 39.7 Å². The fraction of sp³-hybridized carbons (Fsp3) is 0.545. The molecule has 156 valence electrons. The van der Waals surface area contributed by atoms with E-state index in [0.717, 1.165) is 43.6 Å². The van der Waals surface area contributed by atoms with Gasteiger partial charge in [-0.1, -0.05) is 19.9 Å². The van der Waals surface area contributed by atoms with Crippen LogP contribution in [0, 0.1) is 11.8 Å². The van der Waals surface area contributed by atoms with Gasteiger partial charge < -0.3 is 10.6 Å². The van der Waals surface area contributed by atoms with Crippen LogP contribution in [0.1, 0.15) is 80.3 Å². The van der Waals surface area contributed by atoms with E-state index in [-0.39, 0.29) is 23.8 Å². The summed E-state index contributed by atoms with van der Waals surface area (Å²) in [6.45, 7) is 6.41. The first-order chi connectivity index (χ1) is 13.9. The molecular formula is C22H31N5O2. The van der Waals surface area contributed by atoms with Crippen molar-refractivity contribution in [3.63, 3.8) is 0 Å². The van der Waals surface area contributed by atoms with Gasteiger partial charge in [-0.05, 0) is 61.6 Å². The first-order valence-corrected chi connectivity index (χ1v) is 10.5. The molecule has 1 saturated carbocycles. The van der Waals surface area contributed by atoms with E-state index in [9.17, 15) is 9.59 Å². The summed E-state index contributed by atoms with van der Waals surface area (Å²) >= 11 is 0. The Morgan fingerprint density at radius 1 is 1.21 bits per heavy atom. The molecule has 0 unspecified atom stereocenters. The lowest BCUT2D eigenvalue weighted by Gasteiger charge is -2.34. The standard InChI is InChI=1S/C22H31N5O2/c1-14(2)19-12-20(27-26-19)22(29)25-21(18-6-4-5-11-23-18)17-9-7-16(8-10-17)13-24-15(3)28/h4-6,11-12,14,16-17,21H,7-10,13H2,1-3H3,(H,24,28)(H,25,29)(H,26,27)/t16?,17?,21-/m1/s1. The minimum atomic E-state index is -0.177. The molecule has 0 radical (unpaired) electrons. The van der Waals surface area contributed by atoms with Crippen LogP contribution >= 0.6 is 0 Å². The van der Waals surface area contributed by atoms with Crippen LogP contribution in [0.25, 0.3) is 0 Å². The maximum absolute atomic E-state index is 12.9. The molecule has 1 atom stereocenters. The maximum Gasteiger partial charge on any atom is 0.272 e. The van der Waals surface area contributed by atoms with Crippen molar-refractivity contribution in [1.29, 1.82) is 0 Å². The summed E-state index contributed by atoms with van der Waals surface area (Å²) in [6.07, 6.45) is 5.81. The quantitative estimate of drug-likeness (QED) is 0.667. The van der Waals surface area contributed by atoms with Gasteiger partial charge in [0.2, 0.25) is 5.91 Å². The van der Waals surface area contributed by atoms with E-state index in [1.54, 1.807) is 13.1 Å². The SMILES string of the molecule is CC(=O)NCC1CCC([C@@H](NC(=O)c2cc(C(C)C)[nH]n2)c2ccccn2)CC1. The van der Waals surface area contributed by atoms with Gasteiger partial charge in [-0.15, -0.1) is 0 Å².